The van der Waals surface area contributed by atoms with E-state index in [0.717, 1.165) is 6.42 Å². The second kappa shape index (κ2) is 2.88. The van der Waals surface area contributed by atoms with Gasteiger partial charge in [0.15, 0.2) is 0 Å². The van der Waals surface area contributed by atoms with Gasteiger partial charge in [-0.05, 0) is 6.42 Å². The van der Waals surface area contributed by atoms with Gasteiger partial charge in [0.05, 0.1) is 0 Å². The molecule has 12 heavy (non-hydrogen) atoms. The first-order valence-electron chi connectivity index (χ1n) is 3.51. The van der Waals surface area contributed by atoms with Crippen molar-refractivity contribution in [2.75, 3.05) is 0 Å². The molecule has 4 N–H and O–H groups in total. The Hall–Kier alpha value is -1.46. The Labute approximate surface area is 68.8 Å². The van der Waals surface area contributed by atoms with Gasteiger partial charge in [0, 0.05) is 12.8 Å². The van der Waals surface area contributed by atoms with E-state index in [1.54, 1.807) is 0 Å². The molecule has 0 bridgehead atoms. The number of hydrogen-bond acceptors (Lipinski definition) is 4. The van der Waals surface area contributed by atoms with Gasteiger partial charge >= 0.3 is 12.2 Å². The lowest BCUT2D eigenvalue weighted by Gasteiger charge is -2.38. The lowest BCUT2D eigenvalue weighted by atomic mass is 9.91. The molecule has 1 fully saturated rings. The molecule has 1 saturated carbocycles. The summed E-state index contributed by atoms with van der Waals surface area (Å²) in [6.45, 7) is 0. The lowest BCUT2D eigenvalue weighted by Crippen LogP contribution is -2.48. The fourth-order valence-corrected chi connectivity index (χ4v) is 1.06. The van der Waals surface area contributed by atoms with Crippen molar-refractivity contribution in [3.05, 3.63) is 0 Å². The summed E-state index contributed by atoms with van der Waals surface area (Å²) in [5.74, 6) is -1.18. The second-order valence-electron chi connectivity index (χ2n) is 2.61. The van der Waals surface area contributed by atoms with Crippen LogP contribution in [-0.2, 0) is 9.47 Å². The first-order chi connectivity index (χ1) is 5.54. The topological polar surface area (TPSA) is 105 Å². The van der Waals surface area contributed by atoms with Gasteiger partial charge in [-0.15, -0.1) is 0 Å². The number of carbonyl (C=O) groups is 2. The molecule has 0 radical (unpaired) electrons. The largest absolute Gasteiger partial charge is 0.407 e. The Morgan fingerprint density at radius 1 is 1.08 bits per heavy atom. The Kier molecular flexibility index (Phi) is 2.07. The highest BCUT2D eigenvalue weighted by molar-refractivity contribution is 5.67. The molecule has 0 spiro atoms. The molecule has 0 unspecified atom stereocenters. The lowest BCUT2D eigenvalue weighted by molar-refractivity contribution is -0.205. The zero-order chi connectivity index (χ0) is 9.19. The molecule has 0 aromatic carbocycles. The van der Waals surface area contributed by atoms with Gasteiger partial charge in [-0.25, -0.2) is 9.59 Å². The molecule has 0 heterocycles. The van der Waals surface area contributed by atoms with Gasteiger partial charge in [0.2, 0.25) is 0 Å². The van der Waals surface area contributed by atoms with E-state index in [2.05, 4.69) is 9.47 Å². The van der Waals surface area contributed by atoms with Gasteiger partial charge in [0.1, 0.15) is 0 Å². The summed E-state index contributed by atoms with van der Waals surface area (Å²) in [6, 6.07) is 0. The van der Waals surface area contributed by atoms with E-state index in [4.69, 9.17) is 11.5 Å². The first-order valence-corrected chi connectivity index (χ1v) is 3.51. The maximum Gasteiger partial charge on any atom is 0.407 e. The maximum atomic E-state index is 10.4. The summed E-state index contributed by atoms with van der Waals surface area (Å²) in [7, 11) is 0. The molecule has 1 aliphatic carbocycles. The van der Waals surface area contributed by atoms with E-state index in [-0.39, 0.29) is 0 Å². The Morgan fingerprint density at radius 3 is 1.67 bits per heavy atom. The number of rotatable bonds is 2. The molecule has 0 saturated heterocycles. The quantitative estimate of drug-likeness (QED) is 0.577. The van der Waals surface area contributed by atoms with Crippen LogP contribution in [0.15, 0.2) is 0 Å². The summed E-state index contributed by atoms with van der Waals surface area (Å²) in [4.78, 5) is 20.7. The van der Waals surface area contributed by atoms with Crippen molar-refractivity contribution in [1.29, 1.82) is 0 Å². The molecule has 0 atom stereocenters. The van der Waals surface area contributed by atoms with Crippen molar-refractivity contribution in [2.45, 2.75) is 25.0 Å². The average Bonchev–Trinajstić information content (AvgIpc) is 1.80. The minimum atomic E-state index is -1.18. The van der Waals surface area contributed by atoms with Crippen molar-refractivity contribution in [2.24, 2.45) is 11.5 Å². The third kappa shape index (κ3) is 1.77. The van der Waals surface area contributed by atoms with Crippen molar-refractivity contribution in [1.82, 2.24) is 0 Å². The minimum absolute atomic E-state index is 0.457. The molecular weight excluding hydrogens is 164 g/mol. The fourth-order valence-electron chi connectivity index (χ4n) is 1.06. The molecule has 2 amide bonds. The predicted molar refractivity (Wildman–Crippen MR) is 37.9 cm³/mol. The molecule has 68 valence electrons. The number of nitrogens with two attached hydrogens (primary N) is 2. The van der Waals surface area contributed by atoms with Crippen LogP contribution in [0.3, 0.4) is 0 Å². The van der Waals surface area contributed by atoms with Gasteiger partial charge < -0.3 is 20.9 Å². The van der Waals surface area contributed by atoms with E-state index in [1.165, 1.54) is 0 Å². The SMILES string of the molecule is NC(=O)OC1(OC(N)=O)CCC1. The minimum Gasteiger partial charge on any atom is -0.406 e. The summed E-state index contributed by atoms with van der Waals surface area (Å²) >= 11 is 0. The molecule has 1 rings (SSSR count). The second-order valence-corrected chi connectivity index (χ2v) is 2.61. The third-order valence-electron chi connectivity index (χ3n) is 1.69. The van der Waals surface area contributed by atoms with Crippen LogP contribution < -0.4 is 11.5 Å². The fraction of sp³-hybridized carbons (Fsp3) is 0.667. The van der Waals surface area contributed by atoms with Crippen molar-refractivity contribution < 1.29 is 19.1 Å². The Bertz CT molecular complexity index is 194. The maximum absolute atomic E-state index is 10.4. The van der Waals surface area contributed by atoms with E-state index < -0.39 is 18.0 Å². The summed E-state index contributed by atoms with van der Waals surface area (Å²) < 4.78 is 9.20. The first kappa shape index (κ1) is 8.63. The number of carbonyl (C=O) groups excluding carboxylic acids is 2. The molecule has 0 aromatic rings. The number of amides is 2. The van der Waals surface area contributed by atoms with E-state index in [9.17, 15) is 9.59 Å². The highest BCUT2D eigenvalue weighted by Crippen LogP contribution is 2.36. The van der Waals surface area contributed by atoms with Crippen molar-refractivity contribution >= 4 is 12.2 Å². The van der Waals surface area contributed by atoms with Crippen LogP contribution in [0.2, 0.25) is 0 Å². The summed E-state index contributed by atoms with van der Waals surface area (Å²) in [5, 5.41) is 0. The average molecular weight is 174 g/mol. The molecule has 0 aliphatic heterocycles. The Balaban J connectivity index is 2.50. The molecular formula is C6H10N2O4. The van der Waals surface area contributed by atoms with Crippen molar-refractivity contribution in [3.63, 3.8) is 0 Å². The Morgan fingerprint density at radius 2 is 1.50 bits per heavy atom. The molecule has 6 heteroatoms. The highest BCUT2D eigenvalue weighted by Gasteiger charge is 2.44. The van der Waals surface area contributed by atoms with Gasteiger partial charge in [0.25, 0.3) is 5.79 Å². The number of primary amides is 2. The van der Waals surface area contributed by atoms with Crippen LogP contribution in [0.1, 0.15) is 19.3 Å². The van der Waals surface area contributed by atoms with Gasteiger partial charge in [-0.3, -0.25) is 0 Å². The molecule has 6 nitrogen and oxygen atoms in total. The zero-order valence-electron chi connectivity index (χ0n) is 6.41. The van der Waals surface area contributed by atoms with E-state index in [1.807, 2.05) is 0 Å². The summed E-state index contributed by atoms with van der Waals surface area (Å²) in [6.07, 6.45) is -0.190. The van der Waals surface area contributed by atoms with E-state index >= 15 is 0 Å². The normalized spacial score (nSPS) is 19.0. The van der Waals surface area contributed by atoms with Crippen LogP contribution in [0, 0.1) is 0 Å². The summed E-state index contributed by atoms with van der Waals surface area (Å²) in [5.41, 5.74) is 9.54. The monoisotopic (exact) mass is 174 g/mol. The molecule has 0 aromatic heterocycles. The number of ether oxygens (including phenoxy) is 2. The van der Waals surface area contributed by atoms with Gasteiger partial charge in [-0.2, -0.15) is 0 Å². The van der Waals surface area contributed by atoms with Crippen LogP contribution in [-0.4, -0.2) is 18.0 Å². The van der Waals surface area contributed by atoms with Crippen molar-refractivity contribution in [3.8, 4) is 0 Å². The van der Waals surface area contributed by atoms with Crippen LogP contribution >= 0.6 is 0 Å². The van der Waals surface area contributed by atoms with Crippen LogP contribution in [0.5, 0.6) is 0 Å². The smallest absolute Gasteiger partial charge is 0.406 e. The van der Waals surface area contributed by atoms with E-state index in [0.29, 0.717) is 12.8 Å². The number of hydrogen-bond donors (Lipinski definition) is 2. The van der Waals surface area contributed by atoms with Crippen LogP contribution in [0.25, 0.3) is 0 Å². The van der Waals surface area contributed by atoms with Crippen LogP contribution in [0.4, 0.5) is 9.59 Å². The molecule has 1 aliphatic rings. The predicted octanol–water partition coefficient (Wildman–Crippen LogP) is 0.0572. The standard InChI is InChI=1S/C6H10N2O4/c7-4(9)11-6(2-1-3-6)12-5(8)10/h1-3H2,(H2,7,9)(H2,8,10). The van der Waals surface area contributed by atoms with Gasteiger partial charge in [-0.1, -0.05) is 0 Å². The third-order valence-corrected chi connectivity index (χ3v) is 1.69. The zero-order valence-corrected chi connectivity index (χ0v) is 6.41. The highest BCUT2D eigenvalue weighted by atomic mass is 16.7.